The first-order chi connectivity index (χ1) is 5.25. The predicted octanol–water partition coefficient (Wildman–Crippen LogP) is 1.42. The van der Waals surface area contributed by atoms with Gasteiger partial charge in [-0.15, -0.1) is 0 Å². The number of hydrogen-bond donors (Lipinski definition) is 0. The van der Waals surface area contributed by atoms with Crippen LogP contribution >= 0.6 is 23.2 Å². The van der Waals surface area contributed by atoms with Gasteiger partial charge in [-0.05, 0) is 0 Å². The summed E-state index contributed by atoms with van der Waals surface area (Å²) in [5, 5.41) is 0. The van der Waals surface area contributed by atoms with E-state index in [2.05, 4.69) is 4.74 Å². The molecule has 0 aromatic heterocycles. The molecule has 0 saturated carbocycles. The van der Waals surface area contributed by atoms with Crippen molar-refractivity contribution in [1.82, 2.24) is 0 Å². The van der Waals surface area contributed by atoms with Crippen LogP contribution in [0.4, 0.5) is 13.2 Å². The second-order valence-electron chi connectivity index (χ2n) is 1.51. The van der Waals surface area contributed by atoms with E-state index in [1.165, 1.54) is 0 Å². The number of carbonyl (C=O) groups excluding carboxylic acids is 2. The minimum atomic E-state index is -5.22. The summed E-state index contributed by atoms with van der Waals surface area (Å²) in [7, 11) is 0. The van der Waals surface area contributed by atoms with Gasteiger partial charge >= 0.3 is 18.1 Å². The average molecular weight is 225 g/mol. The van der Waals surface area contributed by atoms with Crippen LogP contribution in [0.3, 0.4) is 0 Å². The Balaban J connectivity index is 4.12. The van der Waals surface area contributed by atoms with E-state index in [1.54, 1.807) is 0 Å². The Kier molecular flexibility index (Phi) is 3.79. The number of rotatable bonds is 1. The van der Waals surface area contributed by atoms with E-state index in [0.717, 1.165) is 0 Å². The fourth-order valence-electron chi connectivity index (χ4n) is 0.194. The molecule has 0 heterocycles. The molecule has 0 aliphatic heterocycles. The van der Waals surface area contributed by atoms with Gasteiger partial charge in [0.15, 0.2) is 0 Å². The Labute approximate surface area is 74.4 Å². The standard InChI is InChI=1S/C4HCl2F3O3/c5-1(6)2(10)12-3(11)4(7,8)9/h1H. The van der Waals surface area contributed by atoms with Gasteiger partial charge in [0.1, 0.15) is 0 Å². The fraction of sp³-hybridized carbons (Fsp3) is 0.500. The highest BCUT2D eigenvalue weighted by atomic mass is 35.5. The van der Waals surface area contributed by atoms with Crippen LogP contribution in [0, 0.1) is 0 Å². The minimum absolute atomic E-state index is 1.65. The van der Waals surface area contributed by atoms with Gasteiger partial charge in [-0.3, -0.25) is 0 Å². The van der Waals surface area contributed by atoms with Crippen molar-refractivity contribution in [3.63, 3.8) is 0 Å². The molecule has 0 spiro atoms. The first-order valence-electron chi connectivity index (χ1n) is 2.36. The largest absolute Gasteiger partial charge is 0.491 e. The van der Waals surface area contributed by atoms with Crippen LogP contribution in [0.1, 0.15) is 0 Å². The van der Waals surface area contributed by atoms with Gasteiger partial charge in [-0.1, -0.05) is 23.2 Å². The van der Waals surface area contributed by atoms with Crippen LogP contribution < -0.4 is 0 Å². The highest BCUT2D eigenvalue weighted by Crippen LogP contribution is 2.17. The van der Waals surface area contributed by atoms with Gasteiger partial charge < -0.3 is 4.74 Å². The van der Waals surface area contributed by atoms with Crippen molar-refractivity contribution in [2.24, 2.45) is 0 Å². The van der Waals surface area contributed by atoms with E-state index in [4.69, 9.17) is 23.2 Å². The van der Waals surface area contributed by atoms with Crippen LogP contribution in [-0.2, 0) is 14.3 Å². The van der Waals surface area contributed by atoms with Gasteiger partial charge in [-0.2, -0.15) is 13.2 Å². The number of carbonyl (C=O) groups is 2. The third kappa shape index (κ3) is 3.77. The van der Waals surface area contributed by atoms with Crippen molar-refractivity contribution in [3.8, 4) is 0 Å². The lowest BCUT2D eigenvalue weighted by atomic mass is 10.6. The van der Waals surface area contributed by atoms with E-state index in [9.17, 15) is 22.8 Å². The smallest absolute Gasteiger partial charge is 0.384 e. The number of ether oxygens (including phenoxy) is 1. The van der Waals surface area contributed by atoms with Crippen molar-refractivity contribution in [2.75, 3.05) is 0 Å². The maximum absolute atomic E-state index is 11.4. The Morgan fingerprint density at radius 3 is 1.92 bits per heavy atom. The summed E-state index contributed by atoms with van der Waals surface area (Å²) in [4.78, 5) is 18.3. The molecule has 0 saturated heterocycles. The maximum atomic E-state index is 11.4. The van der Waals surface area contributed by atoms with Crippen molar-refractivity contribution >= 4 is 35.1 Å². The van der Waals surface area contributed by atoms with Gasteiger partial charge in [0.05, 0.1) is 0 Å². The van der Waals surface area contributed by atoms with Gasteiger partial charge in [0.2, 0.25) is 4.84 Å². The summed E-state index contributed by atoms with van der Waals surface area (Å²) in [6.07, 6.45) is -5.22. The second-order valence-corrected chi connectivity index (χ2v) is 2.60. The summed E-state index contributed by atoms with van der Waals surface area (Å²) in [5.41, 5.74) is 0. The highest BCUT2D eigenvalue weighted by Gasteiger charge is 2.43. The fourth-order valence-corrected chi connectivity index (χ4v) is 0.283. The average Bonchev–Trinajstić information content (AvgIpc) is 1.85. The molecule has 0 aliphatic rings. The summed E-state index contributed by atoms with van der Waals surface area (Å²) in [6, 6.07) is 0. The molecule has 0 fully saturated rings. The molecule has 3 nitrogen and oxygen atoms in total. The molecule has 0 rings (SSSR count). The maximum Gasteiger partial charge on any atom is 0.491 e. The zero-order chi connectivity index (χ0) is 9.94. The first kappa shape index (κ1) is 11.5. The third-order valence-electron chi connectivity index (χ3n) is 0.603. The SMILES string of the molecule is O=C(OC(=O)C(F)(F)F)C(Cl)Cl. The Morgan fingerprint density at radius 2 is 1.67 bits per heavy atom. The zero-order valence-corrected chi connectivity index (χ0v) is 6.70. The molecule has 70 valence electrons. The Morgan fingerprint density at radius 1 is 1.25 bits per heavy atom. The highest BCUT2D eigenvalue weighted by molar-refractivity contribution is 6.53. The van der Waals surface area contributed by atoms with Crippen molar-refractivity contribution in [2.45, 2.75) is 11.0 Å². The monoisotopic (exact) mass is 224 g/mol. The number of halogens is 5. The van der Waals surface area contributed by atoms with Crippen LogP contribution in [-0.4, -0.2) is 23.0 Å². The third-order valence-corrected chi connectivity index (χ3v) is 0.959. The minimum Gasteiger partial charge on any atom is -0.384 e. The van der Waals surface area contributed by atoms with Crippen molar-refractivity contribution < 1.29 is 27.5 Å². The van der Waals surface area contributed by atoms with Crippen LogP contribution in [0.2, 0.25) is 0 Å². The molecule has 0 unspecified atom stereocenters. The number of esters is 2. The van der Waals surface area contributed by atoms with E-state index in [1.807, 2.05) is 0 Å². The summed E-state index contributed by atoms with van der Waals surface area (Å²) in [6.45, 7) is 0. The predicted molar refractivity (Wildman–Crippen MR) is 32.6 cm³/mol. The molecular weight excluding hydrogens is 224 g/mol. The zero-order valence-electron chi connectivity index (χ0n) is 5.19. The molecule has 12 heavy (non-hydrogen) atoms. The quantitative estimate of drug-likeness (QED) is 0.385. The lowest BCUT2D eigenvalue weighted by Gasteiger charge is -2.04. The first-order valence-corrected chi connectivity index (χ1v) is 3.23. The van der Waals surface area contributed by atoms with E-state index in [0.29, 0.717) is 0 Å². The Hall–Kier alpha value is -0.490. The van der Waals surface area contributed by atoms with E-state index < -0.39 is 23.0 Å². The molecule has 0 radical (unpaired) electrons. The molecule has 0 bridgehead atoms. The van der Waals surface area contributed by atoms with E-state index >= 15 is 0 Å². The summed E-state index contributed by atoms with van der Waals surface area (Å²) < 4.78 is 37.3. The molecule has 0 atom stereocenters. The normalized spacial score (nSPS) is 11.5. The Bertz CT molecular complexity index is 200. The second kappa shape index (κ2) is 3.95. The topological polar surface area (TPSA) is 43.4 Å². The molecular formula is C4HCl2F3O3. The molecule has 0 aliphatic carbocycles. The molecule has 0 amide bonds. The lowest BCUT2D eigenvalue weighted by Crippen LogP contribution is -2.29. The molecule has 8 heteroatoms. The number of hydrogen-bond acceptors (Lipinski definition) is 3. The van der Waals surface area contributed by atoms with Crippen molar-refractivity contribution in [3.05, 3.63) is 0 Å². The van der Waals surface area contributed by atoms with Crippen LogP contribution in [0.5, 0.6) is 0 Å². The summed E-state index contributed by atoms with van der Waals surface area (Å²) >= 11 is 9.59. The lowest BCUT2D eigenvalue weighted by molar-refractivity contribution is -0.201. The van der Waals surface area contributed by atoms with E-state index in [-0.39, 0.29) is 0 Å². The van der Waals surface area contributed by atoms with Crippen LogP contribution in [0.15, 0.2) is 0 Å². The van der Waals surface area contributed by atoms with Crippen LogP contribution in [0.25, 0.3) is 0 Å². The molecule has 0 N–H and O–H groups in total. The molecule has 0 aromatic rings. The van der Waals surface area contributed by atoms with Gasteiger partial charge in [-0.25, -0.2) is 9.59 Å². The van der Waals surface area contributed by atoms with Gasteiger partial charge in [0, 0.05) is 0 Å². The van der Waals surface area contributed by atoms with Gasteiger partial charge in [0.25, 0.3) is 0 Å². The summed E-state index contributed by atoms with van der Waals surface area (Å²) in [5.74, 6) is -4.29. The number of alkyl halides is 5. The molecule has 0 aromatic carbocycles. The van der Waals surface area contributed by atoms with Crippen molar-refractivity contribution in [1.29, 1.82) is 0 Å².